The highest BCUT2D eigenvalue weighted by Gasteiger charge is 2.26. The normalized spacial score (nSPS) is 17.5. The number of hydrogen-bond donors (Lipinski definition) is 0. The summed E-state index contributed by atoms with van der Waals surface area (Å²) in [5, 5.41) is 0.822. The number of benzene rings is 1. The predicted octanol–water partition coefficient (Wildman–Crippen LogP) is 4.56. The molecular formula is C19H26N2O2S. The molecule has 0 aliphatic carbocycles. The van der Waals surface area contributed by atoms with Gasteiger partial charge in [-0.2, -0.15) is 0 Å². The zero-order chi connectivity index (χ0) is 16.9. The van der Waals surface area contributed by atoms with E-state index in [1.807, 2.05) is 4.90 Å². The molecule has 1 atom stereocenters. The molecule has 1 amide bonds. The standard InChI is InChI=1S/C19H26N2O2S/c1-3-5-11-17(22)21(13-15-9-7-12-23-15)19-20-18-14(4-2)8-6-10-16(18)24-19/h6,8,10,15H,3-5,7,9,11-13H2,1-2H3. The summed E-state index contributed by atoms with van der Waals surface area (Å²) in [4.78, 5) is 19.5. The average Bonchev–Trinajstić information content (AvgIpc) is 3.25. The first-order valence-electron chi connectivity index (χ1n) is 9.03. The van der Waals surface area contributed by atoms with E-state index in [0.717, 1.165) is 54.1 Å². The van der Waals surface area contributed by atoms with Gasteiger partial charge < -0.3 is 4.74 Å². The van der Waals surface area contributed by atoms with Crippen molar-refractivity contribution in [3.63, 3.8) is 0 Å². The van der Waals surface area contributed by atoms with Gasteiger partial charge in [-0.05, 0) is 37.3 Å². The lowest BCUT2D eigenvalue weighted by atomic mass is 10.1. The van der Waals surface area contributed by atoms with Crippen LogP contribution < -0.4 is 4.90 Å². The van der Waals surface area contributed by atoms with E-state index in [4.69, 9.17) is 9.72 Å². The van der Waals surface area contributed by atoms with E-state index in [1.165, 1.54) is 5.56 Å². The van der Waals surface area contributed by atoms with Gasteiger partial charge in [0.25, 0.3) is 0 Å². The SMILES string of the molecule is CCCCC(=O)N(CC1CCCO1)c1nc2c(CC)cccc2s1. The molecule has 1 unspecified atom stereocenters. The van der Waals surface area contributed by atoms with Gasteiger partial charge in [0.15, 0.2) is 5.13 Å². The van der Waals surface area contributed by atoms with Crippen molar-refractivity contribution in [1.29, 1.82) is 0 Å². The molecule has 2 heterocycles. The van der Waals surface area contributed by atoms with Crippen LogP contribution in [0.3, 0.4) is 0 Å². The maximum absolute atomic E-state index is 12.8. The summed E-state index contributed by atoms with van der Waals surface area (Å²) in [5.41, 5.74) is 2.29. The Bertz CT molecular complexity index is 692. The molecule has 2 aromatic rings. The number of thiazole rings is 1. The lowest BCUT2D eigenvalue weighted by Crippen LogP contribution is -2.37. The Hall–Kier alpha value is -1.46. The van der Waals surface area contributed by atoms with Gasteiger partial charge in [-0.1, -0.05) is 43.7 Å². The number of amides is 1. The monoisotopic (exact) mass is 346 g/mol. The molecule has 5 heteroatoms. The second kappa shape index (κ2) is 8.08. The molecular weight excluding hydrogens is 320 g/mol. The van der Waals surface area contributed by atoms with Crippen molar-refractivity contribution in [3.8, 4) is 0 Å². The summed E-state index contributed by atoms with van der Waals surface area (Å²) in [7, 11) is 0. The van der Waals surface area contributed by atoms with Crippen LogP contribution in [0.5, 0.6) is 0 Å². The summed E-state index contributed by atoms with van der Waals surface area (Å²) in [6.45, 7) is 5.69. The number of unbranched alkanes of at least 4 members (excludes halogenated alkanes) is 1. The van der Waals surface area contributed by atoms with Gasteiger partial charge in [0, 0.05) is 13.0 Å². The molecule has 0 radical (unpaired) electrons. The van der Waals surface area contributed by atoms with Crippen molar-refractivity contribution >= 4 is 32.6 Å². The van der Waals surface area contributed by atoms with Gasteiger partial charge in [0.1, 0.15) is 0 Å². The third-order valence-electron chi connectivity index (χ3n) is 4.56. The molecule has 0 spiro atoms. The largest absolute Gasteiger partial charge is 0.376 e. The number of fused-ring (bicyclic) bond motifs is 1. The second-order valence-electron chi connectivity index (χ2n) is 6.36. The molecule has 0 saturated carbocycles. The summed E-state index contributed by atoms with van der Waals surface area (Å²) in [5.74, 6) is 0.171. The van der Waals surface area contributed by atoms with Crippen LogP contribution in [0, 0.1) is 0 Å². The van der Waals surface area contributed by atoms with E-state index in [1.54, 1.807) is 11.3 Å². The van der Waals surface area contributed by atoms with Gasteiger partial charge in [0.2, 0.25) is 5.91 Å². The predicted molar refractivity (Wildman–Crippen MR) is 99.9 cm³/mol. The number of carbonyl (C=O) groups is 1. The van der Waals surface area contributed by atoms with Gasteiger partial charge in [-0.3, -0.25) is 9.69 Å². The minimum absolute atomic E-state index is 0.147. The Morgan fingerprint density at radius 1 is 1.42 bits per heavy atom. The van der Waals surface area contributed by atoms with Crippen LogP contribution >= 0.6 is 11.3 Å². The minimum atomic E-state index is 0.147. The third kappa shape index (κ3) is 3.78. The molecule has 1 saturated heterocycles. The molecule has 1 aliphatic rings. The highest BCUT2D eigenvalue weighted by molar-refractivity contribution is 7.22. The Balaban J connectivity index is 1.89. The molecule has 24 heavy (non-hydrogen) atoms. The van der Waals surface area contributed by atoms with Crippen molar-refractivity contribution < 1.29 is 9.53 Å². The van der Waals surface area contributed by atoms with Gasteiger partial charge in [-0.25, -0.2) is 4.98 Å². The molecule has 3 rings (SSSR count). The third-order valence-corrected chi connectivity index (χ3v) is 5.60. The van der Waals surface area contributed by atoms with E-state index >= 15 is 0 Å². The van der Waals surface area contributed by atoms with Crippen molar-refractivity contribution in [2.24, 2.45) is 0 Å². The zero-order valence-electron chi connectivity index (χ0n) is 14.6. The number of ether oxygens (including phenoxy) is 1. The summed E-state index contributed by atoms with van der Waals surface area (Å²) < 4.78 is 6.92. The first-order chi connectivity index (χ1) is 11.7. The van der Waals surface area contributed by atoms with Crippen molar-refractivity contribution in [2.45, 2.75) is 58.5 Å². The first-order valence-corrected chi connectivity index (χ1v) is 9.85. The Kier molecular flexibility index (Phi) is 5.85. The van der Waals surface area contributed by atoms with E-state index < -0.39 is 0 Å². The van der Waals surface area contributed by atoms with Crippen LogP contribution in [0.15, 0.2) is 18.2 Å². The van der Waals surface area contributed by atoms with E-state index in [0.29, 0.717) is 13.0 Å². The topological polar surface area (TPSA) is 42.4 Å². The van der Waals surface area contributed by atoms with Gasteiger partial charge in [0.05, 0.1) is 22.9 Å². The lowest BCUT2D eigenvalue weighted by Gasteiger charge is -2.23. The fraction of sp³-hybridized carbons (Fsp3) is 0.579. The number of nitrogens with zero attached hydrogens (tertiary/aromatic N) is 2. The number of aryl methyl sites for hydroxylation is 1. The van der Waals surface area contributed by atoms with Crippen LogP contribution in [-0.4, -0.2) is 30.1 Å². The molecule has 1 aliphatic heterocycles. The maximum atomic E-state index is 12.8. The molecule has 1 aromatic heterocycles. The van der Waals surface area contributed by atoms with Crippen molar-refractivity contribution in [1.82, 2.24) is 4.98 Å². The Morgan fingerprint density at radius 2 is 2.29 bits per heavy atom. The summed E-state index contributed by atoms with van der Waals surface area (Å²) >= 11 is 1.62. The quantitative estimate of drug-likeness (QED) is 0.738. The molecule has 4 nitrogen and oxygen atoms in total. The number of hydrogen-bond acceptors (Lipinski definition) is 4. The second-order valence-corrected chi connectivity index (χ2v) is 7.37. The van der Waals surface area contributed by atoms with Crippen LogP contribution in [0.1, 0.15) is 51.5 Å². The number of anilines is 1. The van der Waals surface area contributed by atoms with Gasteiger partial charge >= 0.3 is 0 Å². The molecule has 130 valence electrons. The first kappa shape index (κ1) is 17.4. The number of carbonyl (C=O) groups excluding carboxylic acids is 1. The minimum Gasteiger partial charge on any atom is -0.376 e. The molecule has 0 N–H and O–H groups in total. The average molecular weight is 346 g/mol. The van der Waals surface area contributed by atoms with Crippen LogP contribution in [0.25, 0.3) is 10.2 Å². The molecule has 0 bridgehead atoms. The Morgan fingerprint density at radius 3 is 3.00 bits per heavy atom. The highest BCUT2D eigenvalue weighted by atomic mass is 32.1. The lowest BCUT2D eigenvalue weighted by molar-refractivity contribution is -0.119. The fourth-order valence-electron chi connectivity index (χ4n) is 3.14. The van der Waals surface area contributed by atoms with Crippen LogP contribution in [0.2, 0.25) is 0 Å². The highest BCUT2D eigenvalue weighted by Crippen LogP contribution is 2.32. The van der Waals surface area contributed by atoms with E-state index in [-0.39, 0.29) is 12.0 Å². The molecule has 1 fully saturated rings. The van der Waals surface area contributed by atoms with Crippen LogP contribution in [-0.2, 0) is 16.0 Å². The summed E-state index contributed by atoms with van der Waals surface area (Å²) in [6.07, 6.45) is 5.75. The number of rotatable bonds is 7. The zero-order valence-corrected chi connectivity index (χ0v) is 15.4. The van der Waals surface area contributed by atoms with E-state index in [2.05, 4.69) is 32.0 Å². The van der Waals surface area contributed by atoms with E-state index in [9.17, 15) is 4.79 Å². The maximum Gasteiger partial charge on any atom is 0.228 e. The van der Waals surface area contributed by atoms with Crippen molar-refractivity contribution in [2.75, 3.05) is 18.1 Å². The number of aromatic nitrogens is 1. The molecule has 1 aromatic carbocycles. The van der Waals surface area contributed by atoms with Crippen molar-refractivity contribution in [3.05, 3.63) is 23.8 Å². The fourth-order valence-corrected chi connectivity index (χ4v) is 4.18. The number of para-hydroxylation sites is 1. The van der Waals surface area contributed by atoms with Gasteiger partial charge in [-0.15, -0.1) is 0 Å². The Labute approximate surface area is 147 Å². The smallest absolute Gasteiger partial charge is 0.228 e. The summed E-state index contributed by atoms with van der Waals surface area (Å²) in [6, 6.07) is 6.29. The van der Waals surface area contributed by atoms with Crippen LogP contribution in [0.4, 0.5) is 5.13 Å².